The first-order chi connectivity index (χ1) is 13.5. The van der Waals surface area contributed by atoms with E-state index >= 15 is 0 Å². The van der Waals surface area contributed by atoms with Crippen LogP contribution in [0.2, 0.25) is 0 Å². The van der Waals surface area contributed by atoms with Gasteiger partial charge in [0.1, 0.15) is 0 Å². The van der Waals surface area contributed by atoms with Crippen LogP contribution in [0.15, 0.2) is 62.6 Å². The predicted octanol–water partition coefficient (Wildman–Crippen LogP) is 5.62. The van der Waals surface area contributed by atoms with Crippen LogP contribution >= 0.6 is 31.9 Å². The number of hydrogen-bond acceptors (Lipinski definition) is 3. The summed E-state index contributed by atoms with van der Waals surface area (Å²) in [6.45, 7) is 6.90. The Morgan fingerprint density at radius 3 is 2.43 bits per heavy atom. The fraction of sp³-hybridized carbons (Fsp3) is 0.364. The molecular weight excluding hydrogens is 482 g/mol. The molecule has 0 bridgehead atoms. The summed E-state index contributed by atoms with van der Waals surface area (Å²) in [6, 6.07) is 16.2. The molecule has 6 heteroatoms. The van der Waals surface area contributed by atoms with E-state index < -0.39 is 0 Å². The minimum atomic E-state index is -0.0734. The second kappa shape index (κ2) is 9.81. The van der Waals surface area contributed by atoms with Crippen LogP contribution in [0, 0.1) is 0 Å². The van der Waals surface area contributed by atoms with Crippen molar-refractivity contribution < 1.29 is 4.79 Å². The first-order valence-electron chi connectivity index (χ1n) is 9.65. The normalized spacial score (nSPS) is 16.5. The molecule has 1 amide bonds. The number of amides is 1. The lowest BCUT2D eigenvalue weighted by Crippen LogP contribution is -2.32. The van der Waals surface area contributed by atoms with Gasteiger partial charge in [0.05, 0.1) is 11.8 Å². The van der Waals surface area contributed by atoms with Gasteiger partial charge in [0.15, 0.2) is 0 Å². The van der Waals surface area contributed by atoms with Gasteiger partial charge in [-0.25, -0.2) is 5.01 Å². The molecule has 0 spiro atoms. The van der Waals surface area contributed by atoms with Crippen molar-refractivity contribution in [1.29, 1.82) is 0 Å². The third-order valence-corrected chi connectivity index (χ3v) is 6.08. The number of hydrogen-bond donors (Lipinski definition) is 0. The third-order valence-electron chi connectivity index (χ3n) is 5.09. The number of nitrogens with zero attached hydrogens (tertiary/aromatic N) is 3. The Hall–Kier alpha value is -1.50. The Bertz CT molecular complexity index is 864. The average Bonchev–Trinajstić information content (AvgIpc) is 3.14. The number of hydrazone groups is 1. The van der Waals surface area contributed by atoms with Crippen molar-refractivity contribution >= 4 is 43.5 Å². The quantitative estimate of drug-likeness (QED) is 0.488. The highest BCUT2D eigenvalue weighted by Crippen LogP contribution is 2.34. The van der Waals surface area contributed by atoms with Crippen molar-refractivity contribution in [2.45, 2.75) is 32.7 Å². The lowest BCUT2D eigenvalue weighted by Gasteiger charge is -2.24. The van der Waals surface area contributed by atoms with Gasteiger partial charge in [-0.2, -0.15) is 5.10 Å². The summed E-state index contributed by atoms with van der Waals surface area (Å²) in [5, 5.41) is 6.46. The van der Waals surface area contributed by atoms with Gasteiger partial charge >= 0.3 is 0 Å². The molecule has 148 valence electrons. The Kier molecular flexibility index (Phi) is 7.43. The molecule has 0 unspecified atom stereocenters. The molecule has 0 radical (unpaired) electrons. The van der Waals surface area contributed by atoms with Crippen LogP contribution in [0.25, 0.3) is 0 Å². The van der Waals surface area contributed by atoms with Crippen LogP contribution in [-0.2, 0) is 4.79 Å². The van der Waals surface area contributed by atoms with Crippen molar-refractivity contribution in [2.75, 3.05) is 19.6 Å². The van der Waals surface area contributed by atoms with Crippen LogP contribution in [0.3, 0.4) is 0 Å². The van der Waals surface area contributed by atoms with Crippen LogP contribution in [-0.4, -0.2) is 41.2 Å². The van der Waals surface area contributed by atoms with Gasteiger partial charge in [-0.15, -0.1) is 0 Å². The summed E-state index contributed by atoms with van der Waals surface area (Å²) >= 11 is 7.08. The van der Waals surface area contributed by atoms with Crippen molar-refractivity contribution in [3.05, 3.63) is 68.6 Å². The fourth-order valence-corrected chi connectivity index (χ4v) is 4.28. The van der Waals surface area contributed by atoms with Gasteiger partial charge in [0.25, 0.3) is 0 Å². The maximum Gasteiger partial charge on any atom is 0.244 e. The highest BCUT2D eigenvalue weighted by atomic mass is 79.9. The van der Waals surface area contributed by atoms with Gasteiger partial charge in [0.2, 0.25) is 5.91 Å². The molecule has 28 heavy (non-hydrogen) atoms. The van der Waals surface area contributed by atoms with Crippen LogP contribution in [0.4, 0.5) is 0 Å². The smallest absolute Gasteiger partial charge is 0.244 e. The molecule has 1 aliphatic rings. The van der Waals surface area contributed by atoms with Crippen molar-refractivity contribution in [2.24, 2.45) is 5.10 Å². The predicted molar refractivity (Wildman–Crippen MR) is 121 cm³/mol. The SMILES string of the molecule is CCN(CC)CCC(=O)N1N=C(c2cccc(Br)c2)C[C@@H]1c1cccc(Br)c1. The van der Waals surface area contributed by atoms with E-state index in [0.29, 0.717) is 12.8 Å². The molecular formula is C22H25Br2N3O. The fourth-order valence-electron chi connectivity index (χ4n) is 3.46. The van der Waals surface area contributed by atoms with Crippen molar-refractivity contribution in [1.82, 2.24) is 9.91 Å². The summed E-state index contributed by atoms with van der Waals surface area (Å²) in [5.41, 5.74) is 3.09. The highest BCUT2D eigenvalue weighted by molar-refractivity contribution is 9.10. The van der Waals surface area contributed by atoms with Crippen LogP contribution in [0.5, 0.6) is 0 Å². The zero-order chi connectivity index (χ0) is 20.1. The first kappa shape index (κ1) is 21.2. The van der Waals surface area contributed by atoms with E-state index in [1.807, 2.05) is 30.3 Å². The molecule has 0 N–H and O–H groups in total. The number of benzene rings is 2. The molecule has 3 rings (SSSR count). The van der Waals surface area contributed by atoms with E-state index in [0.717, 1.165) is 45.4 Å². The van der Waals surface area contributed by atoms with Crippen LogP contribution in [0.1, 0.15) is 43.9 Å². The maximum atomic E-state index is 13.1. The van der Waals surface area contributed by atoms with E-state index in [-0.39, 0.29) is 11.9 Å². The molecule has 0 aliphatic carbocycles. The number of rotatable bonds is 7. The Morgan fingerprint density at radius 1 is 1.11 bits per heavy atom. The lowest BCUT2D eigenvalue weighted by atomic mass is 9.98. The highest BCUT2D eigenvalue weighted by Gasteiger charge is 2.33. The number of halogens is 2. The van der Waals surface area contributed by atoms with Gasteiger partial charge < -0.3 is 4.90 Å². The van der Waals surface area contributed by atoms with Gasteiger partial charge in [-0.3, -0.25) is 4.79 Å². The zero-order valence-electron chi connectivity index (χ0n) is 16.2. The molecule has 1 atom stereocenters. The maximum absolute atomic E-state index is 13.1. The number of carbonyl (C=O) groups is 1. The Morgan fingerprint density at radius 2 is 1.79 bits per heavy atom. The minimum absolute atomic E-state index is 0.0712. The number of carbonyl (C=O) groups excluding carboxylic acids is 1. The molecule has 2 aromatic carbocycles. The third kappa shape index (κ3) is 5.10. The molecule has 0 saturated carbocycles. The largest absolute Gasteiger partial charge is 0.303 e. The molecule has 0 aromatic heterocycles. The Labute approximate surface area is 183 Å². The summed E-state index contributed by atoms with van der Waals surface area (Å²) in [4.78, 5) is 15.3. The van der Waals surface area contributed by atoms with E-state index in [1.165, 1.54) is 0 Å². The monoisotopic (exact) mass is 505 g/mol. The molecule has 2 aromatic rings. The minimum Gasteiger partial charge on any atom is -0.303 e. The van der Waals surface area contributed by atoms with Gasteiger partial charge in [0, 0.05) is 28.3 Å². The van der Waals surface area contributed by atoms with Crippen molar-refractivity contribution in [3.63, 3.8) is 0 Å². The van der Waals surface area contributed by atoms with E-state index in [2.05, 4.69) is 68.8 Å². The van der Waals surface area contributed by atoms with E-state index in [4.69, 9.17) is 5.10 Å². The summed E-state index contributed by atoms with van der Waals surface area (Å²) in [5.74, 6) is 0.0712. The second-order valence-electron chi connectivity index (χ2n) is 6.85. The second-order valence-corrected chi connectivity index (χ2v) is 8.68. The molecule has 1 heterocycles. The van der Waals surface area contributed by atoms with E-state index in [9.17, 15) is 4.79 Å². The van der Waals surface area contributed by atoms with Gasteiger partial charge in [-0.1, -0.05) is 70.0 Å². The van der Waals surface area contributed by atoms with Gasteiger partial charge in [-0.05, 0) is 48.5 Å². The summed E-state index contributed by atoms with van der Waals surface area (Å²) < 4.78 is 2.02. The zero-order valence-corrected chi connectivity index (χ0v) is 19.4. The standard InChI is InChI=1S/C22H25Br2N3O/c1-3-26(4-2)12-11-22(28)27-21(17-8-6-10-19(24)14-17)15-20(25-27)16-7-5-9-18(23)13-16/h5-10,13-14,21H,3-4,11-12,15H2,1-2H3/t21-/m1/s1. The molecule has 0 saturated heterocycles. The van der Waals surface area contributed by atoms with E-state index in [1.54, 1.807) is 5.01 Å². The van der Waals surface area contributed by atoms with Crippen LogP contribution < -0.4 is 0 Å². The summed E-state index contributed by atoms with van der Waals surface area (Å²) in [6.07, 6.45) is 1.19. The van der Waals surface area contributed by atoms with Crippen molar-refractivity contribution in [3.8, 4) is 0 Å². The molecule has 4 nitrogen and oxygen atoms in total. The average molecular weight is 507 g/mol. The first-order valence-corrected chi connectivity index (χ1v) is 11.2. The molecule has 1 aliphatic heterocycles. The Balaban J connectivity index is 1.87. The lowest BCUT2D eigenvalue weighted by molar-refractivity contribution is -0.133. The topological polar surface area (TPSA) is 35.9 Å². The summed E-state index contributed by atoms with van der Waals surface area (Å²) in [7, 11) is 0. The molecule has 0 fully saturated rings.